The van der Waals surface area contributed by atoms with Crippen LogP contribution in [0.5, 0.6) is 0 Å². The Balaban J connectivity index is 3.49. The molecule has 3 nitrogen and oxygen atoms in total. The van der Waals surface area contributed by atoms with E-state index in [0.29, 0.717) is 6.54 Å². The third-order valence-corrected chi connectivity index (χ3v) is 0.913. The first-order valence-electron chi connectivity index (χ1n) is 3.41. The maximum atomic E-state index is 10.7. The molecule has 1 amide bonds. The zero-order chi connectivity index (χ0) is 7.98. The number of aliphatic imine (C=N–C) groups is 1. The van der Waals surface area contributed by atoms with Gasteiger partial charge in [0.15, 0.2) is 0 Å². The van der Waals surface area contributed by atoms with Gasteiger partial charge in [-0.15, -0.1) is 0 Å². The fourth-order valence-electron chi connectivity index (χ4n) is 0.483. The maximum absolute atomic E-state index is 10.7. The molecule has 0 aliphatic carbocycles. The summed E-state index contributed by atoms with van der Waals surface area (Å²) in [6.07, 6.45) is 0. The summed E-state index contributed by atoms with van der Waals surface area (Å²) in [7, 11) is 0. The number of amides is 1. The van der Waals surface area contributed by atoms with E-state index in [0.717, 1.165) is 5.71 Å². The van der Waals surface area contributed by atoms with E-state index in [-0.39, 0.29) is 12.5 Å². The molecule has 0 aromatic rings. The minimum absolute atomic E-state index is 0.0105. The summed E-state index contributed by atoms with van der Waals surface area (Å²) in [5.41, 5.74) is 0.936. The van der Waals surface area contributed by atoms with Crippen molar-refractivity contribution in [2.45, 2.75) is 20.8 Å². The molecule has 0 fully saturated rings. The van der Waals surface area contributed by atoms with Crippen LogP contribution in [-0.2, 0) is 4.79 Å². The fraction of sp³-hybridized carbons (Fsp3) is 0.714. The second-order valence-electron chi connectivity index (χ2n) is 2.22. The van der Waals surface area contributed by atoms with Gasteiger partial charge < -0.3 is 5.32 Å². The van der Waals surface area contributed by atoms with Crippen molar-refractivity contribution in [2.24, 2.45) is 4.99 Å². The first-order chi connectivity index (χ1) is 4.66. The van der Waals surface area contributed by atoms with Gasteiger partial charge in [0.2, 0.25) is 5.91 Å². The molecule has 0 rings (SSSR count). The Labute approximate surface area is 61.5 Å². The molecule has 58 valence electrons. The van der Waals surface area contributed by atoms with E-state index in [1.54, 1.807) is 0 Å². The topological polar surface area (TPSA) is 41.5 Å². The highest BCUT2D eigenvalue weighted by atomic mass is 16.1. The van der Waals surface area contributed by atoms with Gasteiger partial charge in [-0.2, -0.15) is 0 Å². The molecule has 1 N–H and O–H groups in total. The van der Waals surface area contributed by atoms with Crippen molar-refractivity contribution in [3.8, 4) is 0 Å². The third kappa shape index (κ3) is 5.28. The molecule has 0 aliphatic heterocycles. The van der Waals surface area contributed by atoms with E-state index >= 15 is 0 Å². The molecule has 0 bridgehead atoms. The Hall–Kier alpha value is -0.860. The number of nitrogens with one attached hydrogen (secondary N) is 1. The predicted octanol–water partition coefficient (Wildman–Crippen LogP) is 0.603. The van der Waals surface area contributed by atoms with Gasteiger partial charge in [0.25, 0.3) is 0 Å². The van der Waals surface area contributed by atoms with E-state index in [2.05, 4.69) is 10.3 Å². The number of carbonyl (C=O) groups is 1. The van der Waals surface area contributed by atoms with Gasteiger partial charge in [0.1, 0.15) is 6.54 Å². The van der Waals surface area contributed by atoms with E-state index < -0.39 is 0 Å². The number of hydrogen-bond donors (Lipinski definition) is 1. The second kappa shape index (κ2) is 4.97. The molecular weight excluding hydrogens is 128 g/mol. The van der Waals surface area contributed by atoms with Crippen molar-refractivity contribution < 1.29 is 4.79 Å². The van der Waals surface area contributed by atoms with Crippen molar-refractivity contribution in [2.75, 3.05) is 13.1 Å². The van der Waals surface area contributed by atoms with Crippen LogP contribution in [0.1, 0.15) is 20.8 Å². The highest BCUT2D eigenvalue weighted by molar-refractivity contribution is 5.84. The lowest BCUT2D eigenvalue weighted by atomic mass is 10.5. The number of hydrogen-bond acceptors (Lipinski definition) is 2. The first kappa shape index (κ1) is 9.14. The monoisotopic (exact) mass is 142 g/mol. The molecule has 0 spiro atoms. The number of likely N-dealkylation sites (N-methyl/N-ethyl adjacent to an activating group) is 1. The minimum atomic E-state index is -0.0105. The molecule has 0 saturated carbocycles. The van der Waals surface area contributed by atoms with Crippen molar-refractivity contribution >= 4 is 11.6 Å². The summed E-state index contributed by atoms with van der Waals surface area (Å²) in [4.78, 5) is 14.7. The molecule has 0 aromatic heterocycles. The SMILES string of the molecule is CCNC(=O)CN=C(C)C. The molecule has 3 heteroatoms. The van der Waals surface area contributed by atoms with Gasteiger partial charge in [0.05, 0.1) is 0 Å². The Morgan fingerprint density at radius 1 is 1.50 bits per heavy atom. The van der Waals surface area contributed by atoms with Crippen LogP contribution in [0.15, 0.2) is 4.99 Å². The standard InChI is InChI=1S/C7H14N2O/c1-4-8-7(10)5-9-6(2)3/h4-5H2,1-3H3,(H,8,10). The quantitative estimate of drug-likeness (QED) is 0.576. The van der Waals surface area contributed by atoms with E-state index in [9.17, 15) is 4.79 Å². The third-order valence-electron chi connectivity index (χ3n) is 0.913. The van der Waals surface area contributed by atoms with Crippen LogP contribution >= 0.6 is 0 Å². The molecular formula is C7H14N2O. The van der Waals surface area contributed by atoms with Crippen LogP contribution in [0.4, 0.5) is 0 Å². The van der Waals surface area contributed by atoms with Crippen LogP contribution < -0.4 is 5.32 Å². The molecule has 0 atom stereocenters. The van der Waals surface area contributed by atoms with Gasteiger partial charge in [0, 0.05) is 12.3 Å². The molecule has 10 heavy (non-hydrogen) atoms. The first-order valence-corrected chi connectivity index (χ1v) is 3.41. The minimum Gasteiger partial charge on any atom is -0.355 e. The molecule has 0 aromatic carbocycles. The van der Waals surface area contributed by atoms with Crippen molar-refractivity contribution in [3.63, 3.8) is 0 Å². The lowest BCUT2D eigenvalue weighted by Gasteiger charge is -1.96. The van der Waals surface area contributed by atoms with Gasteiger partial charge in [-0.1, -0.05) is 0 Å². The van der Waals surface area contributed by atoms with Crippen LogP contribution in [0.2, 0.25) is 0 Å². The summed E-state index contributed by atoms with van der Waals surface area (Å²) in [6.45, 7) is 6.58. The lowest BCUT2D eigenvalue weighted by Crippen LogP contribution is -2.25. The van der Waals surface area contributed by atoms with Gasteiger partial charge in [-0.3, -0.25) is 9.79 Å². The number of nitrogens with zero attached hydrogens (tertiary/aromatic N) is 1. The highest BCUT2D eigenvalue weighted by Gasteiger charge is 1.93. The van der Waals surface area contributed by atoms with Crippen molar-refractivity contribution in [1.29, 1.82) is 0 Å². The van der Waals surface area contributed by atoms with Crippen LogP contribution in [-0.4, -0.2) is 24.7 Å². The fourth-order valence-corrected chi connectivity index (χ4v) is 0.483. The molecule has 0 saturated heterocycles. The molecule has 0 aliphatic rings. The smallest absolute Gasteiger partial charge is 0.241 e. The zero-order valence-corrected chi connectivity index (χ0v) is 6.77. The Morgan fingerprint density at radius 2 is 2.10 bits per heavy atom. The zero-order valence-electron chi connectivity index (χ0n) is 6.77. The predicted molar refractivity (Wildman–Crippen MR) is 42.3 cm³/mol. The number of carbonyl (C=O) groups excluding carboxylic acids is 1. The largest absolute Gasteiger partial charge is 0.355 e. The summed E-state index contributed by atoms with van der Waals surface area (Å²) in [6, 6.07) is 0. The molecule has 0 heterocycles. The second-order valence-corrected chi connectivity index (χ2v) is 2.22. The summed E-state index contributed by atoms with van der Waals surface area (Å²) in [5.74, 6) is -0.0105. The van der Waals surface area contributed by atoms with E-state index in [4.69, 9.17) is 0 Å². The average molecular weight is 142 g/mol. The van der Waals surface area contributed by atoms with E-state index in [1.807, 2.05) is 20.8 Å². The van der Waals surface area contributed by atoms with Crippen molar-refractivity contribution in [1.82, 2.24) is 5.32 Å². The van der Waals surface area contributed by atoms with Crippen LogP contribution in [0.3, 0.4) is 0 Å². The van der Waals surface area contributed by atoms with Crippen LogP contribution in [0.25, 0.3) is 0 Å². The summed E-state index contributed by atoms with van der Waals surface area (Å²) < 4.78 is 0. The van der Waals surface area contributed by atoms with Gasteiger partial charge >= 0.3 is 0 Å². The Kier molecular flexibility index (Phi) is 4.54. The van der Waals surface area contributed by atoms with Crippen LogP contribution in [0, 0.1) is 0 Å². The average Bonchev–Trinajstić information content (AvgIpc) is 1.85. The van der Waals surface area contributed by atoms with Gasteiger partial charge in [-0.05, 0) is 20.8 Å². The highest BCUT2D eigenvalue weighted by Crippen LogP contribution is 1.75. The van der Waals surface area contributed by atoms with E-state index in [1.165, 1.54) is 0 Å². The Morgan fingerprint density at radius 3 is 2.50 bits per heavy atom. The maximum Gasteiger partial charge on any atom is 0.241 e. The summed E-state index contributed by atoms with van der Waals surface area (Å²) >= 11 is 0. The normalized spacial score (nSPS) is 8.70. The van der Waals surface area contributed by atoms with Gasteiger partial charge in [-0.25, -0.2) is 0 Å². The number of rotatable bonds is 3. The van der Waals surface area contributed by atoms with Crippen molar-refractivity contribution in [3.05, 3.63) is 0 Å². The summed E-state index contributed by atoms with van der Waals surface area (Å²) in [5, 5.41) is 2.65. The molecule has 0 unspecified atom stereocenters. The molecule has 0 radical (unpaired) electrons. The lowest BCUT2D eigenvalue weighted by molar-refractivity contribution is -0.119. The Bertz CT molecular complexity index is 137.